The zero-order chi connectivity index (χ0) is 33.2. The second-order valence-corrected chi connectivity index (χ2v) is 15.9. The second-order valence-electron chi connectivity index (χ2n) is 10.3. The smallest absolute Gasteiger partial charge is 0.325 e. The lowest BCUT2D eigenvalue weighted by Crippen LogP contribution is -2.35. The average molecular weight is 734 g/mol. The van der Waals surface area contributed by atoms with Crippen LogP contribution in [0.5, 0.6) is 0 Å². The molecule has 0 saturated carbocycles. The van der Waals surface area contributed by atoms with Crippen LogP contribution in [0.4, 0.5) is 16.2 Å². The van der Waals surface area contributed by atoms with Crippen molar-refractivity contribution in [3.8, 4) is 0 Å². The van der Waals surface area contributed by atoms with Gasteiger partial charge >= 0.3 is 13.4 Å². The molecule has 47 heavy (non-hydrogen) atoms. The van der Waals surface area contributed by atoms with Crippen molar-refractivity contribution in [3.05, 3.63) is 39.8 Å². The summed E-state index contributed by atoms with van der Waals surface area (Å²) < 4.78 is 53.2. The fourth-order valence-corrected chi connectivity index (χ4v) is 8.27. The minimum atomic E-state index is -4.34. The van der Waals surface area contributed by atoms with Crippen LogP contribution in [0.15, 0.2) is 28.9 Å². The topological polar surface area (TPSA) is 304 Å². The molecule has 7 rings (SSSR count). The average Bonchev–Trinajstić information content (AvgIpc) is 3.76. The van der Waals surface area contributed by atoms with Gasteiger partial charge in [-0.1, -0.05) is 5.11 Å². The van der Waals surface area contributed by atoms with Crippen molar-refractivity contribution in [3.63, 3.8) is 0 Å². The van der Waals surface area contributed by atoms with Crippen molar-refractivity contribution in [1.82, 2.24) is 39.0 Å². The summed E-state index contributed by atoms with van der Waals surface area (Å²) in [7, 11) is 0. The first-order chi connectivity index (χ1) is 22.4. The fourth-order valence-electron chi connectivity index (χ4n) is 5.45. The summed E-state index contributed by atoms with van der Waals surface area (Å²) in [6.07, 6.45) is -6.92. The van der Waals surface area contributed by atoms with Crippen molar-refractivity contribution in [2.45, 2.75) is 49.1 Å². The SMILES string of the molecule is [N-]=[N+]=N[C@H]1[C@H]2OP(O)(=S)OC[C@H]3O[C@H](n4cnc5c(=O)[nH]c(N)nc54)[C@H](OP(O)(=S)OC[C@H]1O[C@@H]2n1cnc2c(N)ncnc21)[C@@H]3F. The van der Waals surface area contributed by atoms with Gasteiger partial charge < -0.3 is 44.3 Å². The number of ether oxygens (including phenoxy) is 2. The number of H-pyrrole nitrogens is 1. The van der Waals surface area contributed by atoms with Gasteiger partial charge in [0.05, 0.1) is 38.0 Å². The van der Waals surface area contributed by atoms with Gasteiger partial charge in [-0.2, -0.15) is 4.98 Å². The molecule has 3 fully saturated rings. The molecule has 10 atom stereocenters. The van der Waals surface area contributed by atoms with E-state index in [2.05, 4.69) is 39.9 Å². The van der Waals surface area contributed by atoms with E-state index >= 15 is 4.39 Å². The highest BCUT2D eigenvalue weighted by Gasteiger charge is 2.53. The third-order valence-electron chi connectivity index (χ3n) is 7.46. The molecule has 27 heteroatoms. The van der Waals surface area contributed by atoms with E-state index < -0.39 is 81.3 Å². The van der Waals surface area contributed by atoms with Gasteiger partial charge in [-0.25, -0.2) is 24.3 Å². The van der Waals surface area contributed by atoms with Crippen LogP contribution in [0.1, 0.15) is 12.5 Å². The number of anilines is 2. The highest BCUT2D eigenvalue weighted by Crippen LogP contribution is 2.54. The molecule has 0 spiro atoms. The van der Waals surface area contributed by atoms with Gasteiger partial charge in [-0.15, -0.1) is 0 Å². The predicted octanol–water partition coefficient (Wildman–Crippen LogP) is 0.186. The number of nitrogens with two attached hydrogens (primary N) is 2. The van der Waals surface area contributed by atoms with Gasteiger partial charge in [0.15, 0.2) is 41.3 Å². The number of azide groups is 1. The number of nitrogen functional groups attached to an aromatic ring is 2. The first kappa shape index (κ1) is 32.3. The molecular weight excluding hydrogens is 711 g/mol. The fraction of sp³-hybridized carbons (Fsp3) is 0.500. The largest absolute Gasteiger partial charge is 0.382 e. The lowest BCUT2D eigenvalue weighted by atomic mass is 10.1. The number of nitrogens with zero attached hydrogens (tertiary/aromatic N) is 10. The monoisotopic (exact) mass is 733 g/mol. The molecule has 3 aliphatic rings. The number of nitrogens with one attached hydrogen (secondary N) is 1. The third kappa shape index (κ3) is 5.88. The molecular formula is C20H22FN13O9P2S2. The van der Waals surface area contributed by atoms with E-state index in [1.54, 1.807) is 0 Å². The van der Waals surface area contributed by atoms with Crippen molar-refractivity contribution >= 4 is 71.1 Å². The Kier molecular flexibility index (Phi) is 8.24. The minimum absolute atomic E-state index is 0.0617. The molecule has 0 amide bonds. The maximum absolute atomic E-state index is 16.0. The van der Waals surface area contributed by atoms with Gasteiger partial charge in [-0.05, 0) is 29.1 Å². The van der Waals surface area contributed by atoms with E-state index in [1.165, 1.54) is 17.2 Å². The Bertz CT molecular complexity index is 2080. The van der Waals surface area contributed by atoms with Gasteiger partial charge in [0.2, 0.25) is 5.95 Å². The summed E-state index contributed by atoms with van der Waals surface area (Å²) in [6.45, 7) is -9.92. The van der Waals surface area contributed by atoms with Crippen LogP contribution in [0.25, 0.3) is 32.8 Å². The van der Waals surface area contributed by atoms with Crippen molar-refractivity contribution in [2.75, 3.05) is 24.7 Å². The van der Waals surface area contributed by atoms with Gasteiger partial charge in [0, 0.05) is 4.91 Å². The highest BCUT2D eigenvalue weighted by molar-refractivity contribution is 8.07. The number of imidazole rings is 2. The second kappa shape index (κ2) is 12.0. The summed E-state index contributed by atoms with van der Waals surface area (Å²) in [5.74, 6) is -0.197. The molecule has 250 valence electrons. The third-order valence-corrected chi connectivity index (χ3v) is 10.6. The molecule has 2 unspecified atom stereocenters. The maximum atomic E-state index is 16.0. The predicted molar refractivity (Wildman–Crippen MR) is 163 cm³/mol. The van der Waals surface area contributed by atoms with Gasteiger partial charge in [-0.3, -0.25) is 23.4 Å². The Morgan fingerprint density at radius 3 is 2.32 bits per heavy atom. The molecule has 4 aromatic rings. The first-order valence-corrected chi connectivity index (χ1v) is 18.5. The van der Waals surface area contributed by atoms with Crippen LogP contribution in [-0.4, -0.2) is 98.7 Å². The summed E-state index contributed by atoms with van der Waals surface area (Å²) in [6, 6.07) is -1.26. The van der Waals surface area contributed by atoms with E-state index in [1.807, 2.05) is 0 Å². The van der Waals surface area contributed by atoms with E-state index in [0.29, 0.717) is 0 Å². The normalized spacial score (nSPS) is 36.3. The van der Waals surface area contributed by atoms with Crippen LogP contribution in [-0.2, 0) is 51.2 Å². The Hall–Kier alpha value is -3.28. The molecule has 4 bridgehead atoms. The Morgan fingerprint density at radius 1 is 0.979 bits per heavy atom. The van der Waals surface area contributed by atoms with Gasteiger partial charge in [0.1, 0.15) is 30.2 Å². The number of halogens is 1. The van der Waals surface area contributed by atoms with Crippen LogP contribution in [0.2, 0.25) is 0 Å². The summed E-state index contributed by atoms with van der Waals surface area (Å²) in [5.41, 5.74) is 20.5. The number of alkyl halides is 1. The molecule has 3 aliphatic heterocycles. The molecule has 7 N–H and O–H groups in total. The molecule has 3 saturated heterocycles. The zero-order valence-corrected chi connectivity index (χ0v) is 26.7. The number of rotatable bonds is 3. The number of fused-ring (bicyclic) bond motifs is 6. The van der Waals surface area contributed by atoms with Crippen LogP contribution in [0, 0.1) is 0 Å². The number of hydrogen-bond acceptors (Lipinski definition) is 17. The minimum Gasteiger partial charge on any atom is -0.382 e. The van der Waals surface area contributed by atoms with E-state index in [9.17, 15) is 20.1 Å². The van der Waals surface area contributed by atoms with Crippen LogP contribution < -0.4 is 17.0 Å². The lowest BCUT2D eigenvalue weighted by Gasteiger charge is -2.28. The van der Waals surface area contributed by atoms with Crippen molar-refractivity contribution in [2.24, 2.45) is 5.11 Å². The van der Waals surface area contributed by atoms with E-state index in [-0.39, 0.29) is 34.1 Å². The quantitative estimate of drug-likeness (QED) is 0.0812. The van der Waals surface area contributed by atoms with Crippen LogP contribution >= 0.6 is 13.4 Å². The Labute approximate surface area is 270 Å². The summed E-state index contributed by atoms with van der Waals surface area (Å²) in [4.78, 5) is 60.1. The first-order valence-electron chi connectivity index (χ1n) is 13.3. The number of hydrogen-bond donors (Lipinski definition) is 5. The highest BCUT2D eigenvalue weighted by atomic mass is 32.5. The van der Waals surface area contributed by atoms with Crippen LogP contribution in [0.3, 0.4) is 0 Å². The van der Waals surface area contributed by atoms with Crippen molar-refractivity contribution < 1.29 is 41.7 Å². The molecule has 4 aromatic heterocycles. The molecule has 0 radical (unpaired) electrons. The maximum Gasteiger partial charge on any atom is 0.325 e. The molecule has 0 aliphatic carbocycles. The molecule has 7 heterocycles. The van der Waals surface area contributed by atoms with E-state index in [0.717, 1.165) is 10.9 Å². The number of aromatic nitrogens is 8. The Morgan fingerprint density at radius 2 is 1.60 bits per heavy atom. The zero-order valence-electron chi connectivity index (χ0n) is 23.2. The lowest BCUT2D eigenvalue weighted by molar-refractivity contribution is -0.0606. The molecule has 22 nitrogen and oxygen atoms in total. The van der Waals surface area contributed by atoms with E-state index in [4.69, 9.17) is 62.6 Å². The van der Waals surface area contributed by atoms with Gasteiger partial charge in [0.25, 0.3) is 5.56 Å². The summed E-state index contributed by atoms with van der Waals surface area (Å²) >= 11 is 10.5. The standard InChI is InChI=1S/C20H22FN13O9P2S2/c21-8-6-1-38-45(37,47)43-13-9(31-32-24)7(41-19(13)33-4-27-10-14(22)25-3-26-15(10)33)2-39-44(36,46)42-12(8)18(40-6)34-5-28-11-16(34)29-20(23)30-17(11)35/h3-9,12-13,18-19H,1-2H2,(H,36,46)(H,37,47)(H2,22,25,26)(H3,23,29,30,35)/t6-,7-,8-,9-,12-,13-,18+,19+,44?,45?/m1/s1. The summed E-state index contributed by atoms with van der Waals surface area (Å²) in [5, 5.41) is 3.77. The molecule has 0 aromatic carbocycles. The van der Waals surface area contributed by atoms with Crippen molar-refractivity contribution in [1.29, 1.82) is 0 Å². The Balaban J connectivity index is 1.26. The number of aromatic amines is 1.